The highest BCUT2D eigenvalue weighted by atomic mass is 16.4. The first-order chi connectivity index (χ1) is 10.4. The average molecular weight is 308 g/mol. The fraction of sp³-hybridized carbons (Fsp3) is 0.571. The number of nitrogens with zero attached hydrogens (tertiary/aromatic N) is 2. The molecule has 22 heavy (non-hydrogen) atoms. The molecule has 0 aromatic rings. The van der Waals surface area contributed by atoms with Crippen LogP contribution in [0.4, 0.5) is 0 Å². The Morgan fingerprint density at radius 3 is 2.50 bits per heavy atom. The number of aliphatic carboxylic acids is 1. The third kappa shape index (κ3) is 5.83. The van der Waals surface area contributed by atoms with Crippen molar-refractivity contribution < 1.29 is 19.5 Å². The Morgan fingerprint density at radius 1 is 1.36 bits per heavy atom. The number of hydrogen-bond acceptors (Lipinski definition) is 5. The van der Waals surface area contributed by atoms with Crippen LogP contribution in [0.1, 0.15) is 25.7 Å². The van der Waals surface area contributed by atoms with Crippen molar-refractivity contribution >= 4 is 17.8 Å². The lowest BCUT2D eigenvalue weighted by Gasteiger charge is -2.29. The van der Waals surface area contributed by atoms with Crippen molar-refractivity contribution in [3.05, 3.63) is 11.8 Å². The lowest BCUT2D eigenvalue weighted by Crippen LogP contribution is -2.36. The van der Waals surface area contributed by atoms with Crippen molar-refractivity contribution in [2.75, 3.05) is 19.6 Å². The normalized spacial score (nSPS) is 16.0. The molecule has 0 radical (unpaired) electrons. The Hall–Kier alpha value is -2.56. The highest BCUT2D eigenvalue weighted by Gasteiger charge is 2.22. The molecule has 1 aliphatic rings. The van der Waals surface area contributed by atoms with Crippen molar-refractivity contribution in [1.82, 2.24) is 10.2 Å². The van der Waals surface area contributed by atoms with Crippen LogP contribution >= 0.6 is 0 Å². The van der Waals surface area contributed by atoms with Crippen LogP contribution in [0, 0.1) is 17.2 Å². The first kappa shape index (κ1) is 17.5. The van der Waals surface area contributed by atoms with Crippen LogP contribution in [0.15, 0.2) is 11.8 Å². The number of amides is 2. The molecule has 1 fully saturated rings. The highest BCUT2D eigenvalue weighted by molar-refractivity contribution is 5.97. The number of rotatable bonds is 7. The number of carbonyl (C=O) groups is 3. The third-order valence-electron chi connectivity index (χ3n) is 3.46. The number of nitriles is 1. The van der Waals surface area contributed by atoms with E-state index in [2.05, 4.69) is 5.32 Å². The fourth-order valence-corrected chi connectivity index (χ4v) is 2.17. The topological polar surface area (TPSA) is 137 Å². The van der Waals surface area contributed by atoms with Gasteiger partial charge in [-0.25, -0.2) is 0 Å². The second-order valence-electron chi connectivity index (χ2n) is 5.12. The number of hydrogen-bond donors (Lipinski definition) is 3. The van der Waals surface area contributed by atoms with Crippen molar-refractivity contribution in [2.45, 2.75) is 25.7 Å². The summed E-state index contributed by atoms with van der Waals surface area (Å²) in [6.45, 7) is 1.32. The van der Waals surface area contributed by atoms with E-state index in [0.717, 1.165) is 0 Å². The van der Waals surface area contributed by atoms with Gasteiger partial charge in [-0.05, 0) is 19.3 Å². The summed E-state index contributed by atoms with van der Waals surface area (Å²) in [6, 6.07) is 1.83. The lowest BCUT2D eigenvalue weighted by molar-refractivity contribution is -0.137. The molecule has 8 heteroatoms. The van der Waals surface area contributed by atoms with Crippen molar-refractivity contribution in [3.63, 3.8) is 0 Å². The van der Waals surface area contributed by atoms with Gasteiger partial charge >= 0.3 is 5.97 Å². The van der Waals surface area contributed by atoms with Gasteiger partial charge in [0.25, 0.3) is 5.91 Å². The molecule has 1 rings (SSSR count). The van der Waals surface area contributed by atoms with Crippen molar-refractivity contribution in [2.24, 2.45) is 11.7 Å². The molecule has 4 N–H and O–H groups in total. The van der Waals surface area contributed by atoms with E-state index < -0.39 is 11.9 Å². The number of primary amides is 1. The van der Waals surface area contributed by atoms with Gasteiger partial charge in [-0.2, -0.15) is 5.26 Å². The molecule has 1 aliphatic heterocycles. The van der Waals surface area contributed by atoms with E-state index in [0.29, 0.717) is 32.4 Å². The van der Waals surface area contributed by atoms with Crippen molar-refractivity contribution in [1.29, 1.82) is 5.26 Å². The monoisotopic (exact) mass is 308 g/mol. The van der Waals surface area contributed by atoms with E-state index in [-0.39, 0.29) is 30.4 Å². The Labute approximate surface area is 128 Å². The molecule has 0 spiro atoms. The molecule has 0 aromatic heterocycles. The van der Waals surface area contributed by atoms with Crippen LogP contribution in [0.3, 0.4) is 0 Å². The number of carboxylic acids is 1. The zero-order valence-electron chi connectivity index (χ0n) is 12.2. The van der Waals surface area contributed by atoms with E-state index in [1.54, 1.807) is 0 Å². The molecule has 0 saturated carbocycles. The molecule has 1 saturated heterocycles. The van der Waals surface area contributed by atoms with Crippen LogP contribution in [-0.2, 0) is 14.4 Å². The van der Waals surface area contributed by atoms with E-state index in [1.807, 2.05) is 11.0 Å². The summed E-state index contributed by atoms with van der Waals surface area (Å²) in [5.74, 6) is -1.92. The van der Waals surface area contributed by atoms with Gasteiger partial charge in [-0.1, -0.05) is 0 Å². The molecule has 2 amide bonds. The SMILES string of the molecule is N#C/C(=C/N1CCC(C(N)=O)CC1)C(=O)NCCCC(=O)O. The predicted molar refractivity (Wildman–Crippen MR) is 77.1 cm³/mol. The largest absolute Gasteiger partial charge is 0.481 e. The second kappa shape index (κ2) is 8.67. The molecule has 1 heterocycles. The standard InChI is InChI=1S/C14H20N4O4/c15-8-11(14(22)17-5-1-2-12(19)20)9-18-6-3-10(4-7-18)13(16)21/h9-10H,1-7H2,(H2,16,21)(H,17,22)(H,19,20)/b11-9-. The number of likely N-dealkylation sites (tertiary alicyclic amines) is 1. The lowest BCUT2D eigenvalue weighted by atomic mass is 9.96. The summed E-state index contributed by atoms with van der Waals surface area (Å²) in [5, 5.41) is 20.0. The van der Waals surface area contributed by atoms with Gasteiger partial charge in [0.15, 0.2) is 0 Å². The summed E-state index contributed by atoms with van der Waals surface area (Å²) in [4.78, 5) is 35.1. The molecule has 120 valence electrons. The van der Waals surface area contributed by atoms with Crippen LogP contribution in [0.2, 0.25) is 0 Å². The summed E-state index contributed by atoms with van der Waals surface area (Å²) in [6.07, 6.45) is 2.95. The average Bonchev–Trinajstić information content (AvgIpc) is 2.49. The van der Waals surface area contributed by atoms with E-state index in [4.69, 9.17) is 16.1 Å². The van der Waals surface area contributed by atoms with Gasteiger partial charge in [-0.3, -0.25) is 14.4 Å². The molecule has 0 bridgehead atoms. The molecule has 0 unspecified atom stereocenters. The summed E-state index contributed by atoms with van der Waals surface area (Å²) in [7, 11) is 0. The second-order valence-corrected chi connectivity index (χ2v) is 5.12. The smallest absolute Gasteiger partial charge is 0.303 e. The predicted octanol–water partition coefficient (Wildman–Crippen LogP) is -0.428. The fourth-order valence-electron chi connectivity index (χ4n) is 2.17. The molecule has 0 aromatic carbocycles. The van der Waals surface area contributed by atoms with E-state index >= 15 is 0 Å². The summed E-state index contributed by atoms with van der Waals surface area (Å²) in [5.41, 5.74) is 5.21. The minimum atomic E-state index is -0.928. The third-order valence-corrected chi connectivity index (χ3v) is 3.46. The Morgan fingerprint density at radius 2 is 2.00 bits per heavy atom. The maximum Gasteiger partial charge on any atom is 0.303 e. The minimum Gasteiger partial charge on any atom is -0.481 e. The van der Waals surface area contributed by atoms with E-state index in [1.165, 1.54) is 6.20 Å². The first-order valence-corrected chi connectivity index (χ1v) is 7.09. The maximum absolute atomic E-state index is 11.8. The van der Waals surface area contributed by atoms with Crippen LogP contribution in [0.25, 0.3) is 0 Å². The molecular formula is C14H20N4O4. The Kier molecular flexibility index (Phi) is 6.89. The first-order valence-electron chi connectivity index (χ1n) is 7.09. The van der Waals surface area contributed by atoms with Crippen LogP contribution < -0.4 is 11.1 Å². The zero-order chi connectivity index (χ0) is 16.5. The van der Waals surface area contributed by atoms with Gasteiger partial charge < -0.3 is 21.1 Å². The summed E-state index contributed by atoms with van der Waals surface area (Å²) < 4.78 is 0. The maximum atomic E-state index is 11.8. The van der Waals surface area contributed by atoms with Gasteiger partial charge in [0.05, 0.1) is 0 Å². The summed E-state index contributed by atoms with van der Waals surface area (Å²) >= 11 is 0. The highest BCUT2D eigenvalue weighted by Crippen LogP contribution is 2.17. The molecule has 0 aliphatic carbocycles. The molecular weight excluding hydrogens is 288 g/mol. The van der Waals surface area contributed by atoms with Gasteiger partial charge in [0.2, 0.25) is 5.91 Å². The Balaban J connectivity index is 2.46. The quantitative estimate of drug-likeness (QED) is 0.332. The van der Waals surface area contributed by atoms with Gasteiger partial charge in [0.1, 0.15) is 11.6 Å². The van der Waals surface area contributed by atoms with Crippen LogP contribution in [0.5, 0.6) is 0 Å². The zero-order valence-corrected chi connectivity index (χ0v) is 12.2. The van der Waals surface area contributed by atoms with E-state index in [9.17, 15) is 14.4 Å². The number of carboxylic acid groups (broad SMARTS) is 1. The molecule has 0 atom stereocenters. The number of nitrogens with two attached hydrogens (primary N) is 1. The molecule has 8 nitrogen and oxygen atoms in total. The van der Waals surface area contributed by atoms with Crippen molar-refractivity contribution in [3.8, 4) is 6.07 Å². The van der Waals surface area contributed by atoms with Gasteiger partial charge in [-0.15, -0.1) is 0 Å². The minimum absolute atomic E-state index is 0.0344. The van der Waals surface area contributed by atoms with Crippen LogP contribution in [-0.4, -0.2) is 47.4 Å². The number of nitrogens with one attached hydrogen (secondary N) is 1. The Bertz CT molecular complexity index is 501. The van der Waals surface area contributed by atoms with Gasteiger partial charge in [0, 0.05) is 38.2 Å². The number of carbonyl (C=O) groups excluding carboxylic acids is 2. The number of piperidine rings is 1.